The van der Waals surface area contributed by atoms with Crippen LogP contribution in [0.1, 0.15) is 43.9 Å². The zero-order chi connectivity index (χ0) is 11.4. The molecule has 0 N–H and O–H groups in total. The Morgan fingerprint density at radius 1 is 1.50 bits per heavy atom. The molecular weight excluding hydrogens is 216 g/mol. The highest BCUT2D eigenvalue weighted by atomic mass is 32.1. The second-order valence-electron chi connectivity index (χ2n) is 5.01. The predicted octanol–water partition coefficient (Wildman–Crippen LogP) is 4.08. The van der Waals surface area contributed by atoms with Gasteiger partial charge in [-0.25, -0.2) is 0 Å². The first kappa shape index (κ1) is 11.8. The molecule has 2 rings (SSSR count). The van der Waals surface area contributed by atoms with Gasteiger partial charge >= 0.3 is 0 Å². The zero-order valence-corrected chi connectivity index (χ0v) is 10.8. The van der Waals surface area contributed by atoms with Crippen molar-refractivity contribution in [3.8, 4) is 0 Å². The molecule has 1 heterocycles. The summed E-state index contributed by atoms with van der Waals surface area (Å²) in [6.07, 6.45) is 6.52. The Hall–Kier alpha value is -0.630. The van der Waals surface area contributed by atoms with Crippen LogP contribution in [0.5, 0.6) is 0 Å². The lowest BCUT2D eigenvalue weighted by atomic mass is 9.79. The molecule has 1 aliphatic rings. The van der Waals surface area contributed by atoms with Gasteiger partial charge in [-0.05, 0) is 36.6 Å². The fraction of sp³-hybridized carbons (Fsp3) is 0.643. The van der Waals surface area contributed by atoms with E-state index in [2.05, 4.69) is 24.4 Å². The second kappa shape index (κ2) is 5.62. The largest absolute Gasteiger partial charge is 0.299 e. The first-order valence-electron chi connectivity index (χ1n) is 6.31. The number of aryl methyl sites for hydroxylation is 1. The molecule has 0 radical (unpaired) electrons. The molecule has 0 aromatic carbocycles. The summed E-state index contributed by atoms with van der Waals surface area (Å²) < 4.78 is 0. The van der Waals surface area contributed by atoms with Crippen LogP contribution < -0.4 is 0 Å². The van der Waals surface area contributed by atoms with E-state index in [1.54, 1.807) is 11.3 Å². The maximum absolute atomic E-state index is 12.0. The van der Waals surface area contributed by atoms with Crippen molar-refractivity contribution >= 4 is 17.1 Å². The summed E-state index contributed by atoms with van der Waals surface area (Å²) in [4.78, 5) is 13.4. The van der Waals surface area contributed by atoms with Crippen LogP contribution in [0.4, 0.5) is 0 Å². The molecule has 1 fully saturated rings. The van der Waals surface area contributed by atoms with Gasteiger partial charge in [0.15, 0.2) is 0 Å². The van der Waals surface area contributed by atoms with Crippen molar-refractivity contribution in [2.24, 2.45) is 11.8 Å². The van der Waals surface area contributed by atoms with E-state index in [0.717, 1.165) is 31.6 Å². The molecule has 1 aromatic heterocycles. The molecule has 0 saturated heterocycles. The third-order valence-corrected chi connectivity index (χ3v) is 4.53. The maximum atomic E-state index is 12.0. The molecule has 0 bridgehead atoms. The van der Waals surface area contributed by atoms with Gasteiger partial charge < -0.3 is 0 Å². The average Bonchev–Trinajstić information content (AvgIpc) is 2.78. The van der Waals surface area contributed by atoms with Gasteiger partial charge in [-0.3, -0.25) is 4.79 Å². The van der Waals surface area contributed by atoms with Crippen molar-refractivity contribution < 1.29 is 4.79 Å². The summed E-state index contributed by atoms with van der Waals surface area (Å²) in [6.45, 7) is 2.28. The van der Waals surface area contributed by atoms with E-state index < -0.39 is 0 Å². The topological polar surface area (TPSA) is 17.1 Å². The lowest BCUT2D eigenvalue weighted by molar-refractivity contribution is -0.124. The first-order chi connectivity index (χ1) is 7.75. The summed E-state index contributed by atoms with van der Waals surface area (Å²) in [7, 11) is 0. The van der Waals surface area contributed by atoms with Crippen LogP contribution in [-0.2, 0) is 11.2 Å². The van der Waals surface area contributed by atoms with Gasteiger partial charge in [0.2, 0.25) is 0 Å². The lowest BCUT2D eigenvalue weighted by Crippen LogP contribution is -2.21. The molecule has 16 heavy (non-hydrogen) atoms. The van der Waals surface area contributed by atoms with Crippen LogP contribution in [0, 0.1) is 11.8 Å². The van der Waals surface area contributed by atoms with Crippen molar-refractivity contribution in [2.45, 2.75) is 45.4 Å². The molecule has 2 heteroatoms. The molecule has 0 spiro atoms. The van der Waals surface area contributed by atoms with Crippen LogP contribution in [0.25, 0.3) is 0 Å². The molecule has 2 unspecified atom stereocenters. The van der Waals surface area contributed by atoms with Gasteiger partial charge in [0.05, 0.1) is 0 Å². The number of thiophene rings is 1. The van der Waals surface area contributed by atoms with Crippen molar-refractivity contribution in [2.75, 3.05) is 0 Å². The monoisotopic (exact) mass is 236 g/mol. The van der Waals surface area contributed by atoms with Gasteiger partial charge in [0.1, 0.15) is 5.78 Å². The number of Topliss-reactive ketones (excluding diaryl/α,β-unsaturated/α-hetero) is 1. The van der Waals surface area contributed by atoms with E-state index in [1.165, 1.54) is 17.7 Å². The molecule has 1 aromatic rings. The summed E-state index contributed by atoms with van der Waals surface area (Å²) in [5, 5.41) is 2.09. The number of ketones is 1. The Bertz CT molecular complexity index is 329. The lowest BCUT2D eigenvalue weighted by Gasteiger charge is -2.25. The Kier molecular flexibility index (Phi) is 4.16. The highest BCUT2D eigenvalue weighted by Crippen LogP contribution is 2.30. The summed E-state index contributed by atoms with van der Waals surface area (Å²) in [5.41, 5.74) is 0. The SMILES string of the molecule is CC1CCCC(C(=O)CCc2cccs2)C1. The van der Waals surface area contributed by atoms with Gasteiger partial charge in [0.25, 0.3) is 0 Å². The van der Waals surface area contributed by atoms with E-state index in [0.29, 0.717) is 11.7 Å². The molecule has 2 atom stereocenters. The van der Waals surface area contributed by atoms with Crippen LogP contribution in [0.3, 0.4) is 0 Å². The number of carbonyl (C=O) groups excluding carboxylic acids is 1. The molecule has 0 amide bonds. The maximum Gasteiger partial charge on any atom is 0.136 e. The standard InChI is InChI=1S/C14H20OS/c1-11-4-2-5-12(10-11)14(15)8-7-13-6-3-9-16-13/h3,6,9,11-12H,2,4-5,7-8,10H2,1H3. The van der Waals surface area contributed by atoms with Gasteiger partial charge in [-0.15, -0.1) is 11.3 Å². The van der Waals surface area contributed by atoms with Gasteiger partial charge in [0, 0.05) is 17.2 Å². The summed E-state index contributed by atoms with van der Waals surface area (Å²) in [5.74, 6) is 1.62. The van der Waals surface area contributed by atoms with E-state index in [4.69, 9.17) is 0 Å². The number of hydrogen-bond donors (Lipinski definition) is 0. The van der Waals surface area contributed by atoms with Crippen molar-refractivity contribution in [3.63, 3.8) is 0 Å². The molecular formula is C14H20OS. The number of hydrogen-bond acceptors (Lipinski definition) is 2. The Morgan fingerprint density at radius 2 is 2.38 bits per heavy atom. The quantitative estimate of drug-likeness (QED) is 0.770. The number of rotatable bonds is 4. The Balaban J connectivity index is 1.79. The van der Waals surface area contributed by atoms with Crippen LogP contribution >= 0.6 is 11.3 Å². The Morgan fingerprint density at radius 3 is 3.06 bits per heavy atom. The highest BCUT2D eigenvalue weighted by molar-refractivity contribution is 7.09. The van der Waals surface area contributed by atoms with Gasteiger partial charge in [-0.2, -0.15) is 0 Å². The minimum atomic E-state index is 0.365. The van der Waals surface area contributed by atoms with E-state index >= 15 is 0 Å². The Labute approximate surface area is 102 Å². The predicted molar refractivity (Wildman–Crippen MR) is 68.8 cm³/mol. The van der Waals surface area contributed by atoms with Crippen LogP contribution in [-0.4, -0.2) is 5.78 Å². The fourth-order valence-corrected chi connectivity index (χ4v) is 3.34. The van der Waals surface area contributed by atoms with E-state index in [1.807, 2.05) is 0 Å². The minimum Gasteiger partial charge on any atom is -0.299 e. The van der Waals surface area contributed by atoms with Crippen molar-refractivity contribution in [3.05, 3.63) is 22.4 Å². The van der Waals surface area contributed by atoms with Gasteiger partial charge in [-0.1, -0.05) is 25.8 Å². The highest BCUT2D eigenvalue weighted by Gasteiger charge is 2.24. The van der Waals surface area contributed by atoms with E-state index in [-0.39, 0.29) is 0 Å². The molecule has 0 aliphatic heterocycles. The molecule has 1 aliphatic carbocycles. The summed E-state index contributed by atoms with van der Waals surface area (Å²) >= 11 is 1.76. The molecule has 88 valence electrons. The normalized spacial score (nSPS) is 25.6. The van der Waals surface area contributed by atoms with Crippen molar-refractivity contribution in [1.82, 2.24) is 0 Å². The van der Waals surface area contributed by atoms with Crippen molar-refractivity contribution in [1.29, 1.82) is 0 Å². The first-order valence-corrected chi connectivity index (χ1v) is 7.19. The average molecular weight is 236 g/mol. The van der Waals surface area contributed by atoms with E-state index in [9.17, 15) is 4.79 Å². The van der Waals surface area contributed by atoms with Crippen LogP contribution in [0.2, 0.25) is 0 Å². The molecule has 1 nitrogen and oxygen atoms in total. The van der Waals surface area contributed by atoms with Crippen LogP contribution in [0.15, 0.2) is 17.5 Å². The number of carbonyl (C=O) groups is 1. The third-order valence-electron chi connectivity index (χ3n) is 3.59. The second-order valence-corrected chi connectivity index (χ2v) is 6.05. The smallest absolute Gasteiger partial charge is 0.136 e. The zero-order valence-electron chi connectivity index (χ0n) is 9.95. The fourth-order valence-electron chi connectivity index (χ4n) is 2.63. The third kappa shape index (κ3) is 3.18. The minimum absolute atomic E-state index is 0.365. The summed E-state index contributed by atoms with van der Waals surface area (Å²) in [6, 6.07) is 4.19. The molecule has 1 saturated carbocycles.